The fourth-order valence-corrected chi connectivity index (χ4v) is 4.38. The molecule has 0 aliphatic heterocycles. The largest absolute Gasteiger partial charge is 0.326 e. The summed E-state index contributed by atoms with van der Waals surface area (Å²) in [5.41, 5.74) is 6.05. The van der Waals surface area contributed by atoms with Gasteiger partial charge in [-0.2, -0.15) is 0 Å². The van der Waals surface area contributed by atoms with E-state index < -0.39 is 0 Å². The van der Waals surface area contributed by atoms with E-state index in [0.29, 0.717) is 0 Å². The molecule has 4 nitrogen and oxygen atoms in total. The molecule has 34 heavy (non-hydrogen) atoms. The molecule has 0 aliphatic carbocycles. The van der Waals surface area contributed by atoms with Crippen LogP contribution in [0.25, 0.3) is 11.1 Å². The van der Waals surface area contributed by atoms with Gasteiger partial charge in [-0.05, 0) is 86.1 Å². The fourth-order valence-electron chi connectivity index (χ4n) is 4.38. The Morgan fingerprint density at radius 1 is 0.676 bits per heavy atom. The summed E-state index contributed by atoms with van der Waals surface area (Å²) in [5.74, 6) is 0.372. The number of hydrogen-bond donors (Lipinski definition) is 2. The zero-order valence-corrected chi connectivity index (χ0v) is 22.1. The number of carbonyl (C=O) groups is 2. The predicted octanol–water partition coefficient (Wildman–Crippen LogP) is 8.28. The Kier molecular flexibility index (Phi) is 11.3. The van der Waals surface area contributed by atoms with Crippen LogP contribution in [0.1, 0.15) is 90.2 Å². The average Bonchev–Trinajstić information content (AvgIpc) is 2.82. The normalized spacial score (nSPS) is 12.8. The summed E-state index contributed by atoms with van der Waals surface area (Å²) in [4.78, 5) is 25.4. The number of unbranched alkanes of at least 4 members (excludes halogenated alkanes) is 2. The van der Waals surface area contributed by atoms with Crippen LogP contribution in [0.2, 0.25) is 0 Å². The van der Waals surface area contributed by atoms with Crippen molar-refractivity contribution in [2.24, 2.45) is 11.8 Å². The molecule has 2 amide bonds. The van der Waals surface area contributed by atoms with Gasteiger partial charge in [0, 0.05) is 23.2 Å². The van der Waals surface area contributed by atoms with Crippen molar-refractivity contribution in [2.45, 2.75) is 92.9 Å². The molecule has 0 spiro atoms. The number of rotatable bonds is 13. The van der Waals surface area contributed by atoms with Crippen molar-refractivity contribution in [2.75, 3.05) is 10.6 Å². The highest BCUT2D eigenvalue weighted by Gasteiger charge is 2.18. The second-order valence-corrected chi connectivity index (χ2v) is 9.53. The highest BCUT2D eigenvalue weighted by molar-refractivity contribution is 5.94. The Balaban J connectivity index is 2.12. The summed E-state index contributed by atoms with van der Waals surface area (Å²) in [6, 6.07) is 12.3. The first kappa shape index (κ1) is 27.6. The van der Waals surface area contributed by atoms with Gasteiger partial charge in [0.15, 0.2) is 0 Å². The minimum absolute atomic E-state index is 0.0682. The van der Waals surface area contributed by atoms with Gasteiger partial charge in [0.1, 0.15) is 0 Å². The number of hydrogen-bond acceptors (Lipinski definition) is 2. The van der Waals surface area contributed by atoms with Crippen molar-refractivity contribution in [3.8, 4) is 11.1 Å². The van der Waals surface area contributed by atoms with E-state index in [1.54, 1.807) is 0 Å². The first-order valence-electron chi connectivity index (χ1n) is 13.2. The smallest absolute Gasteiger partial charge is 0.227 e. The minimum atomic E-state index is 0.0682. The minimum Gasteiger partial charge on any atom is -0.326 e. The van der Waals surface area contributed by atoms with Gasteiger partial charge in [0.25, 0.3) is 0 Å². The van der Waals surface area contributed by atoms with Crippen LogP contribution < -0.4 is 10.6 Å². The lowest BCUT2D eigenvalue weighted by molar-refractivity contribution is -0.121. The van der Waals surface area contributed by atoms with Crippen LogP contribution in [0.4, 0.5) is 11.4 Å². The Morgan fingerprint density at radius 3 is 1.35 bits per heavy atom. The number of nitrogens with one attached hydrogen (secondary N) is 2. The van der Waals surface area contributed by atoms with Crippen LogP contribution in [0.5, 0.6) is 0 Å². The Labute approximate surface area is 206 Å². The quantitative estimate of drug-likeness (QED) is 0.313. The van der Waals surface area contributed by atoms with Gasteiger partial charge in [-0.15, -0.1) is 0 Å². The molecule has 2 N–H and O–H groups in total. The van der Waals surface area contributed by atoms with Crippen LogP contribution in [-0.4, -0.2) is 11.8 Å². The summed E-state index contributed by atoms with van der Waals surface area (Å²) < 4.78 is 0. The number of carbonyl (C=O) groups excluding carboxylic acids is 2. The van der Waals surface area contributed by atoms with Crippen molar-refractivity contribution in [3.63, 3.8) is 0 Å². The maximum atomic E-state index is 12.7. The third-order valence-corrected chi connectivity index (χ3v) is 6.84. The van der Waals surface area contributed by atoms with E-state index in [1.165, 1.54) is 0 Å². The average molecular weight is 465 g/mol. The third kappa shape index (κ3) is 7.72. The molecular formula is C30H44N2O2. The monoisotopic (exact) mass is 464 g/mol. The van der Waals surface area contributed by atoms with Crippen LogP contribution in [0.15, 0.2) is 36.4 Å². The molecule has 0 aromatic heterocycles. The first-order valence-corrected chi connectivity index (χ1v) is 13.2. The second-order valence-electron chi connectivity index (χ2n) is 9.53. The number of benzene rings is 2. The van der Waals surface area contributed by atoms with Crippen LogP contribution in [-0.2, 0) is 9.59 Å². The van der Waals surface area contributed by atoms with Crippen molar-refractivity contribution < 1.29 is 9.59 Å². The van der Waals surface area contributed by atoms with Gasteiger partial charge >= 0.3 is 0 Å². The zero-order chi connectivity index (χ0) is 25.1. The molecule has 0 radical (unpaired) electrons. The van der Waals surface area contributed by atoms with E-state index in [-0.39, 0.29) is 23.7 Å². The summed E-state index contributed by atoms with van der Waals surface area (Å²) in [6.07, 6.45) is 7.99. The van der Waals surface area contributed by atoms with E-state index in [4.69, 9.17) is 0 Å². The molecule has 2 aromatic rings. The first-order chi connectivity index (χ1) is 16.3. The van der Waals surface area contributed by atoms with E-state index in [0.717, 1.165) is 85.0 Å². The molecule has 186 valence electrons. The van der Waals surface area contributed by atoms with Gasteiger partial charge < -0.3 is 10.6 Å². The van der Waals surface area contributed by atoms with Crippen molar-refractivity contribution >= 4 is 23.2 Å². The van der Waals surface area contributed by atoms with Gasteiger partial charge in [-0.3, -0.25) is 9.59 Å². The number of anilines is 2. The molecule has 0 aliphatic rings. The molecule has 0 heterocycles. The Bertz CT molecular complexity index is 873. The predicted molar refractivity (Wildman–Crippen MR) is 145 cm³/mol. The standard InChI is InChI=1S/C30H44N2O2/c1-7-11-13-23(9-3)29(33)31-27-17-15-25(19-21(27)5)26-16-18-28(22(6)20-26)32-30(34)24(10-4)14-12-8-2/h15-20,23-24H,7-14H2,1-6H3,(H,31,33)(H,32,34)/t23-,24-/m1/s1. The molecule has 0 fully saturated rings. The molecule has 2 rings (SSSR count). The molecule has 0 saturated carbocycles. The highest BCUT2D eigenvalue weighted by Crippen LogP contribution is 2.29. The van der Waals surface area contributed by atoms with E-state index in [2.05, 4.69) is 62.6 Å². The lowest BCUT2D eigenvalue weighted by Gasteiger charge is -2.17. The van der Waals surface area contributed by atoms with E-state index >= 15 is 0 Å². The zero-order valence-electron chi connectivity index (χ0n) is 22.1. The van der Waals surface area contributed by atoms with Gasteiger partial charge in [0.05, 0.1) is 0 Å². The van der Waals surface area contributed by atoms with Crippen LogP contribution >= 0.6 is 0 Å². The SMILES string of the molecule is CCCC[C@@H](CC)C(=O)Nc1ccc(-c2ccc(NC(=O)[C@H](CC)CCCC)c(C)c2)cc1C. The van der Waals surface area contributed by atoms with Crippen molar-refractivity contribution in [1.29, 1.82) is 0 Å². The van der Waals surface area contributed by atoms with Crippen LogP contribution in [0, 0.1) is 25.7 Å². The fraction of sp³-hybridized carbons (Fsp3) is 0.533. The van der Waals surface area contributed by atoms with E-state index in [9.17, 15) is 9.59 Å². The summed E-state index contributed by atoms with van der Waals surface area (Å²) >= 11 is 0. The highest BCUT2D eigenvalue weighted by atomic mass is 16.2. The van der Waals surface area contributed by atoms with Gasteiger partial charge in [-0.1, -0.05) is 65.5 Å². The lowest BCUT2D eigenvalue weighted by atomic mass is 9.97. The van der Waals surface area contributed by atoms with Gasteiger partial charge in [0.2, 0.25) is 11.8 Å². The summed E-state index contributed by atoms with van der Waals surface area (Å²) in [6.45, 7) is 12.6. The maximum absolute atomic E-state index is 12.7. The molecule has 2 atom stereocenters. The second kappa shape index (κ2) is 13.9. The number of aryl methyl sites for hydroxylation is 2. The maximum Gasteiger partial charge on any atom is 0.227 e. The van der Waals surface area contributed by atoms with Crippen molar-refractivity contribution in [1.82, 2.24) is 0 Å². The molecule has 2 aromatic carbocycles. The molecule has 0 saturated heterocycles. The lowest BCUT2D eigenvalue weighted by Crippen LogP contribution is -2.22. The topological polar surface area (TPSA) is 58.2 Å². The van der Waals surface area contributed by atoms with Crippen molar-refractivity contribution in [3.05, 3.63) is 47.5 Å². The number of amides is 2. The summed E-state index contributed by atoms with van der Waals surface area (Å²) in [7, 11) is 0. The molecule has 0 bridgehead atoms. The molecular weight excluding hydrogens is 420 g/mol. The Hall–Kier alpha value is -2.62. The third-order valence-electron chi connectivity index (χ3n) is 6.84. The van der Waals surface area contributed by atoms with E-state index in [1.807, 2.05) is 26.0 Å². The molecule has 4 heteroatoms. The Morgan fingerprint density at radius 2 is 1.06 bits per heavy atom. The van der Waals surface area contributed by atoms with Crippen LogP contribution in [0.3, 0.4) is 0 Å². The van der Waals surface area contributed by atoms with Gasteiger partial charge in [-0.25, -0.2) is 0 Å². The molecule has 0 unspecified atom stereocenters. The summed E-state index contributed by atoms with van der Waals surface area (Å²) in [5, 5.41) is 6.27.